The van der Waals surface area contributed by atoms with Crippen LogP contribution in [0.3, 0.4) is 0 Å². The van der Waals surface area contributed by atoms with Crippen molar-refractivity contribution in [3.8, 4) is 11.3 Å². The summed E-state index contributed by atoms with van der Waals surface area (Å²) in [6.45, 7) is 6.59. The van der Waals surface area contributed by atoms with Gasteiger partial charge >= 0.3 is 0 Å². The van der Waals surface area contributed by atoms with Crippen molar-refractivity contribution in [2.45, 2.75) is 33.2 Å². The lowest BCUT2D eigenvalue weighted by molar-refractivity contribution is 0.301. The SMILES string of the molecule is CCC(C)N1CC(O)=C(c2nc(-c3ccc(Br)cc3)c(C)s2)C1=N. The van der Waals surface area contributed by atoms with E-state index in [-0.39, 0.29) is 11.8 Å². The molecule has 0 spiro atoms. The highest BCUT2D eigenvalue weighted by molar-refractivity contribution is 9.10. The first-order chi connectivity index (χ1) is 11.4. The number of aromatic nitrogens is 1. The summed E-state index contributed by atoms with van der Waals surface area (Å²) in [4.78, 5) is 7.75. The van der Waals surface area contributed by atoms with E-state index in [1.807, 2.05) is 36.1 Å². The van der Waals surface area contributed by atoms with Gasteiger partial charge in [-0.05, 0) is 32.4 Å². The fourth-order valence-corrected chi connectivity index (χ4v) is 4.07. The molecular formula is C18H20BrN3OS. The fraction of sp³-hybridized carbons (Fsp3) is 0.333. The lowest BCUT2D eigenvalue weighted by atomic mass is 10.1. The molecule has 2 heterocycles. The Morgan fingerprint density at radius 1 is 1.38 bits per heavy atom. The van der Waals surface area contributed by atoms with Crippen LogP contribution in [-0.2, 0) is 0 Å². The molecule has 1 aliphatic heterocycles. The molecule has 1 atom stereocenters. The molecule has 1 aliphatic rings. The summed E-state index contributed by atoms with van der Waals surface area (Å²) >= 11 is 4.98. The second kappa shape index (κ2) is 6.69. The highest BCUT2D eigenvalue weighted by Gasteiger charge is 2.32. The van der Waals surface area contributed by atoms with Crippen molar-refractivity contribution in [1.29, 1.82) is 5.41 Å². The highest BCUT2D eigenvalue weighted by atomic mass is 79.9. The van der Waals surface area contributed by atoms with Gasteiger partial charge in [0.25, 0.3) is 0 Å². The molecule has 0 aliphatic carbocycles. The Balaban J connectivity index is 1.97. The van der Waals surface area contributed by atoms with Gasteiger partial charge in [-0.3, -0.25) is 5.41 Å². The number of nitrogens with one attached hydrogen (secondary N) is 1. The van der Waals surface area contributed by atoms with Gasteiger partial charge in [0.15, 0.2) is 0 Å². The van der Waals surface area contributed by atoms with E-state index >= 15 is 0 Å². The number of amidine groups is 1. The average molecular weight is 406 g/mol. The zero-order valence-electron chi connectivity index (χ0n) is 13.9. The number of hydrogen-bond acceptors (Lipinski definition) is 4. The second-order valence-corrected chi connectivity index (χ2v) is 8.11. The van der Waals surface area contributed by atoms with Crippen LogP contribution < -0.4 is 0 Å². The van der Waals surface area contributed by atoms with Gasteiger partial charge in [-0.1, -0.05) is 35.0 Å². The summed E-state index contributed by atoms with van der Waals surface area (Å²) in [5.41, 5.74) is 2.53. The molecule has 2 N–H and O–H groups in total. The monoisotopic (exact) mass is 405 g/mol. The maximum atomic E-state index is 10.4. The van der Waals surface area contributed by atoms with Gasteiger partial charge in [0.2, 0.25) is 0 Å². The number of aryl methyl sites for hydroxylation is 1. The number of aliphatic hydroxyl groups excluding tert-OH is 1. The summed E-state index contributed by atoms with van der Waals surface area (Å²) in [7, 11) is 0. The van der Waals surface area contributed by atoms with E-state index in [0.717, 1.165) is 32.0 Å². The minimum absolute atomic E-state index is 0.226. The number of nitrogens with zero attached hydrogens (tertiary/aromatic N) is 2. The Bertz CT molecular complexity index is 810. The molecule has 2 aromatic rings. The third-order valence-electron chi connectivity index (χ3n) is 4.38. The molecule has 0 amide bonds. The topological polar surface area (TPSA) is 60.2 Å². The number of rotatable bonds is 4. The molecule has 0 saturated carbocycles. The van der Waals surface area contributed by atoms with Gasteiger partial charge in [-0.15, -0.1) is 11.3 Å². The first-order valence-electron chi connectivity index (χ1n) is 7.93. The molecule has 6 heteroatoms. The van der Waals surface area contributed by atoms with Crippen LogP contribution >= 0.6 is 27.3 Å². The van der Waals surface area contributed by atoms with E-state index in [1.165, 1.54) is 11.3 Å². The van der Waals surface area contributed by atoms with Crippen molar-refractivity contribution in [2.75, 3.05) is 6.54 Å². The zero-order chi connectivity index (χ0) is 17.4. The Labute approximate surface area is 154 Å². The van der Waals surface area contributed by atoms with Crippen molar-refractivity contribution in [3.63, 3.8) is 0 Å². The zero-order valence-corrected chi connectivity index (χ0v) is 16.3. The normalized spacial score (nSPS) is 16.2. The summed E-state index contributed by atoms with van der Waals surface area (Å²) < 4.78 is 1.03. The first-order valence-corrected chi connectivity index (χ1v) is 9.54. The number of benzene rings is 1. The van der Waals surface area contributed by atoms with E-state index in [2.05, 4.69) is 29.8 Å². The van der Waals surface area contributed by atoms with Gasteiger partial charge < -0.3 is 10.0 Å². The maximum absolute atomic E-state index is 10.4. The van der Waals surface area contributed by atoms with Crippen LogP contribution in [0.25, 0.3) is 16.8 Å². The van der Waals surface area contributed by atoms with Gasteiger partial charge in [0, 0.05) is 21.0 Å². The van der Waals surface area contributed by atoms with Crippen LogP contribution in [0, 0.1) is 12.3 Å². The highest BCUT2D eigenvalue weighted by Crippen LogP contribution is 2.36. The fourth-order valence-electron chi connectivity index (χ4n) is 2.80. The molecule has 126 valence electrons. The first kappa shape index (κ1) is 17.2. The maximum Gasteiger partial charge on any atom is 0.135 e. The van der Waals surface area contributed by atoms with Gasteiger partial charge in [-0.2, -0.15) is 0 Å². The minimum Gasteiger partial charge on any atom is -0.510 e. The molecule has 4 nitrogen and oxygen atoms in total. The summed E-state index contributed by atoms with van der Waals surface area (Å²) in [5, 5.41) is 19.6. The van der Waals surface area contributed by atoms with Crippen molar-refractivity contribution in [1.82, 2.24) is 9.88 Å². The number of aliphatic hydroxyl groups is 1. The van der Waals surface area contributed by atoms with Crippen LogP contribution in [0.5, 0.6) is 0 Å². The number of halogens is 1. The van der Waals surface area contributed by atoms with E-state index in [4.69, 9.17) is 10.4 Å². The molecule has 0 fully saturated rings. The smallest absolute Gasteiger partial charge is 0.135 e. The van der Waals surface area contributed by atoms with E-state index in [0.29, 0.717) is 18.0 Å². The van der Waals surface area contributed by atoms with Crippen LogP contribution in [-0.4, -0.2) is 33.4 Å². The van der Waals surface area contributed by atoms with Crippen molar-refractivity contribution in [2.24, 2.45) is 0 Å². The van der Waals surface area contributed by atoms with Crippen LogP contribution in [0.4, 0.5) is 0 Å². The molecule has 0 radical (unpaired) electrons. The predicted octanol–water partition coefficient (Wildman–Crippen LogP) is 5.24. The van der Waals surface area contributed by atoms with Gasteiger partial charge in [-0.25, -0.2) is 4.98 Å². The standard InChI is InChI=1S/C18H20BrN3OS/c1-4-10(2)22-9-14(23)15(17(22)20)18-21-16(11(3)24-18)12-5-7-13(19)8-6-12/h5-8,10,20,23H,4,9H2,1-3H3. The van der Waals surface area contributed by atoms with Crippen molar-refractivity contribution in [3.05, 3.63) is 44.4 Å². The molecule has 24 heavy (non-hydrogen) atoms. The van der Waals surface area contributed by atoms with E-state index in [1.54, 1.807) is 0 Å². The summed E-state index contributed by atoms with van der Waals surface area (Å²) in [5.74, 6) is 0.620. The number of hydrogen-bond donors (Lipinski definition) is 2. The molecule has 1 unspecified atom stereocenters. The number of thiazole rings is 1. The lowest BCUT2D eigenvalue weighted by Gasteiger charge is -2.25. The van der Waals surface area contributed by atoms with Gasteiger partial charge in [0.1, 0.15) is 16.6 Å². The van der Waals surface area contributed by atoms with E-state index < -0.39 is 0 Å². The van der Waals surface area contributed by atoms with Crippen LogP contribution in [0.1, 0.15) is 30.2 Å². The average Bonchev–Trinajstić information content (AvgIpc) is 3.07. The Kier molecular flexibility index (Phi) is 4.78. The molecule has 3 rings (SSSR count). The second-order valence-electron chi connectivity index (χ2n) is 5.99. The molecule has 1 aromatic carbocycles. The third-order valence-corrected chi connectivity index (χ3v) is 5.90. The third kappa shape index (κ3) is 3.00. The van der Waals surface area contributed by atoms with Gasteiger partial charge in [0.05, 0.1) is 17.8 Å². The molecule has 0 bridgehead atoms. The van der Waals surface area contributed by atoms with Crippen molar-refractivity contribution >= 4 is 38.7 Å². The van der Waals surface area contributed by atoms with Crippen molar-refractivity contribution < 1.29 is 5.11 Å². The minimum atomic E-state index is 0.226. The molecule has 1 aromatic heterocycles. The molecular weight excluding hydrogens is 386 g/mol. The van der Waals surface area contributed by atoms with Crippen LogP contribution in [0.15, 0.2) is 34.5 Å². The Morgan fingerprint density at radius 2 is 2.04 bits per heavy atom. The Morgan fingerprint density at radius 3 is 2.67 bits per heavy atom. The lowest BCUT2D eigenvalue weighted by Crippen LogP contribution is -2.34. The predicted molar refractivity (Wildman–Crippen MR) is 104 cm³/mol. The quantitative estimate of drug-likeness (QED) is 0.730. The summed E-state index contributed by atoms with van der Waals surface area (Å²) in [6, 6.07) is 8.26. The largest absolute Gasteiger partial charge is 0.510 e. The molecule has 0 saturated heterocycles. The van der Waals surface area contributed by atoms with E-state index in [9.17, 15) is 5.11 Å². The summed E-state index contributed by atoms with van der Waals surface area (Å²) in [6.07, 6.45) is 0.935. The Hall–Kier alpha value is -1.66. The van der Waals surface area contributed by atoms with Crippen LogP contribution in [0.2, 0.25) is 0 Å².